The summed E-state index contributed by atoms with van der Waals surface area (Å²) in [5.41, 5.74) is 0.964. The van der Waals surface area contributed by atoms with Gasteiger partial charge in [-0.15, -0.1) is 0 Å². The van der Waals surface area contributed by atoms with E-state index in [1.54, 1.807) is 11.0 Å². The Hall–Kier alpha value is -1.55. The normalized spacial score (nSPS) is 20.5. The third-order valence-corrected chi connectivity index (χ3v) is 3.73. The van der Waals surface area contributed by atoms with Crippen molar-refractivity contribution in [1.82, 2.24) is 4.90 Å². The molecule has 4 nitrogen and oxygen atoms in total. The van der Waals surface area contributed by atoms with Gasteiger partial charge in [0.05, 0.1) is 19.1 Å². The molecule has 1 aliphatic rings. The largest absolute Gasteiger partial charge is 0.469 e. The Balaban J connectivity index is 2.14. The Morgan fingerprint density at radius 3 is 2.89 bits per heavy atom. The maximum absolute atomic E-state index is 12.0. The van der Waals surface area contributed by atoms with Crippen LogP contribution in [-0.4, -0.2) is 30.4 Å². The van der Waals surface area contributed by atoms with Crippen molar-refractivity contribution in [3.63, 3.8) is 0 Å². The van der Waals surface area contributed by atoms with Gasteiger partial charge in [-0.25, -0.2) is 0 Å². The number of hydrogen-bond acceptors (Lipinski definition) is 3. The zero-order chi connectivity index (χ0) is 14.0. The first kappa shape index (κ1) is 13.9. The number of methoxy groups -OCH3 is 1. The minimum atomic E-state index is -0.362. The standard InChI is InChI=1S/C14H16ClNO3/c1-9(10-4-3-5-12(15)6-10)16-8-11(7-13(16)17)14(18)19-2/h3-6,9,11H,7-8H2,1-2H3. The second kappa shape index (κ2) is 5.61. The van der Waals surface area contributed by atoms with E-state index in [0.29, 0.717) is 11.6 Å². The van der Waals surface area contributed by atoms with Gasteiger partial charge in [0.1, 0.15) is 0 Å². The van der Waals surface area contributed by atoms with Gasteiger partial charge in [0.2, 0.25) is 5.91 Å². The summed E-state index contributed by atoms with van der Waals surface area (Å²) in [6, 6.07) is 7.31. The third-order valence-electron chi connectivity index (χ3n) is 3.49. The van der Waals surface area contributed by atoms with E-state index in [9.17, 15) is 9.59 Å². The number of esters is 1. The number of nitrogens with zero attached hydrogens (tertiary/aromatic N) is 1. The topological polar surface area (TPSA) is 46.6 Å². The maximum Gasteiger partial charge on any atom is 0.310 e. The molecule has 0 N–H and O–H groups in total. The zero-order valence-corrected chi connectivity index (χ0v) is 11.7. The molecule has 0 bridgehead atoms. The van der Waals surface area contributed by atoms with Gasteiger partial charge in [-0.2, -0.15) is 0 Å². The Labute approximate surface area is 117 Å². The molecule has 2 unspecified atom stereocenters. The molecular formula is C14H16ClNO3. The lowest BCUT2D eigenvalue weighted by atomic mass is 10.1. The van der Waals surface area contributed by atoms with Crippen LogP contribution in [0.3, 0.4) is 0 Å². The van der Waals surface area contributed by atoms with E-state index in [2.05, 4.69) is 0 Å². The van der Waals surface area contributed by atoms with Crippen molar-refractivity contribution in [3.05, 3.63) is 34.9 Å². The third kappa shape index (κ3) is 2.89. The first-order valence-electron chi connectivity index (χ1n) is 6.15. The average Bonchev–Trinajstić information content (AvgIpc) is 2.79. The Bertz CT molecular complexity index is 503. The number of carbonyl (C=O) groups is 2. The van der Waals surface area contributed by atoms with Crippen molar-refractivity contribution in [1.29, 1.82) is 0 Å². The molecule has 5 heteroatoms. The highest BCUT2D eigenvalue weighted by atomic mass is 35.5. The van der Waals surface area contributed by atoms with E-state index in [1.165, 1.54) is 7.11 Å². The SMILES string of the molecule is COC(=O)C1CC(=O)N(C(C)c2cccc(Cl)c2)C1. The van der Waals surface area contributed by atoms with Gasteiger partial charge in [0.25, 0.3) is 0 Å². The van der Waals surface area contributed by atoms with E-state index < -0.39 is 0 Å². The molecule has 1 fully saturated rings. The first-order chi connectivity index (χ1) is 9.02. The number of ether oxygens (including phenoxy) is 1. The molecule has 0 aliphatic carbocycles. The molecule has 2 rings (SSSR count). The fraction of sp³-hybridized carbons (Fsp3) is 0.429. The molecule has 19 heavy (non-hydrogen) atoms. The van der Waals surface area contributed by atoms with Gasteiger partial charge >= 0.3 is 5.97 Å². The molecular weight excluding hydrogens is 266 g/mol. The van der Waals surface area contributed by atoms with Gasteiger partial charge < -0.3 is 9.64 Å². The smallest absolute Gasteiger partial charge is 0.310 e. The fourth-order valence-electron chi connectivity index (χ4n) is 2.38. The highest BCUT2D eigenvalue weighted by Gasteiger charge is 2.37. The second-order valence-electron chi connectivity index (χ2n) is 4.70. The molecule has 1 aliphatic heterocycles. The number of rotatable bonds is 3. The molecule has 1 aromatic rings. The van der Waals surface area contributed by atoms with Crippen LogP contribution < -0.4 is 0 Å². The van der Waals surface area contributed by atoms with Gasteiger partial charge in [0.15, 0.2) is 0 Å². The van der Waals surface area contributed by atoms with Gasteiger partial charge in [0, 0.05) is 18.0 Å². The fourth-order valence-corrected chi connectivity index (χ4v) is 2.58. The molecule has 1 saturated heterocycles. The summed E-state index contributed by atoms with van der Waals surface area (Å²) in [5.74, 6) is -0.712. The molecule has 0 spiro atoms. The lowest BCUT2D eigenvalue weighted by molar-refractivity contribution is -0.145. The molecule has 1 aromatic carbocycles. The van der Waals surface area contributed by atoms with E-state index >= 15 is 0 Å². The maximum atomic E-state index is 12.0. The molecule has 1 heterocycles. The molecule has 0 saturated carbocycles. The zero-order valence-electron chi connectivity index (χ0n) is 10.9. The van der Waals surface area contributed by atoms with Gasteiger partial charge in [-0.3, -0.25) is 9.59 Å². The van der Waals surface area contributed by atoms with Crippen LogP contribution in [0, 0.1) is 5.92 Å². The minimum Gasteiger partial charge on any atom is -0.469 e. The summed E-state index contributed by atoms with van der Waals surface area (Å²) in [6.07, 6.45) is 0.220. The van der Waals surface area contributed by atoms with Crippen molar-refractivity contribution < 1.29 is 14.3 Å². The van der Waals surface area contributed by atoms with Gasteiger partial charge in [-0.05, 0) is 24.6 Å². The summed E-state index contributed by atoms with van der Waals surface area (Å²) in [6.45, 7) is 2.34. The number of likely N-dealkylation sites (tertiary alicyclic amines) is 1. The van der Waals surface area contributed by atoms with E-state index in [4.69, 9.17) is 16.3 Å². The Morgan fingerprint density at radius 1 is 1.53 bits per heavy atom. The van der Waals surface area contributed by atoms with Crippen molar-refractivity contribution in [2.45, 2.75) is 19.4 Å². The average molecular weight is 282 g/mol. The number of halogens is 1. The van der Waals surface area contributed by atoms with Crippen LogP contribution in [0.1, 0.15) is 24.9 Å². The highest BCUT2D eigenvalue weighted by molar-refractivity contribution is 6.30. The molecule has 102 valence electrons. The Kier molecular flexibility index (Phi) is 4.10. The van der Waals surface area contributed by atoms with Crippen LogP contribution in [0.25, 0.3) is 0 Å². The van der Waals surface area contributed by atoms with Crippen LogP contribution in [0.15, 0.2) is 24.3 Å². The number of carbonyl (C=O) groups excluding carboxylic acids is 2. The summed E-state index contributed by atoms with van der Waals surface area (Å²) in [7, 11) is 1.34. The first-order valence-corrected chi connectivity index (χ1v) is 6.53. The van der Waals surface area contributed by atoms with Crippen LogP contribution >= 0.6 is 11.6 Å². The highest BCUT2D eigenvalue weighted by Crippen LogP contribution is 2.29. The molecule has 0 aromatic heterocycles. The molecule has 1 amide bonds. The van der Waals surface area contributed by atoms with E-state index in [0.717, 1.165) is 5.56 Å². The predicted octanol–water partition coefficient (Wildman–Crippen LogP) is 2.42. The summed E-state index contributed by atoms with van der Waals surface area (Å²) >= 11 is 5.96. The number of amides is 1. The van der Waals surface area contributed by atoms with Crippen LogP contribution in [0.2, 0.25) is 5.02 Å². The Morgan fingerprint density at radius 2 is 2.26 bits per heavy atom. The number of benzene rings is 1. The second-order valence-corrected chi connectivity index (χ2v) is 5.14. The van der Waals surface area contributed by atoms with E-state index in [-0.39, 0.29) is 30.3 Å². The van der Waals surface area contributed by atoms with Gasteiger partial charge in [-0.1, -0.05) is 23.7 Å². The lowest BCUT2D eigenvalue weighted by Crippen LogP contribution is -2.29. The van der Waals surface area contributed by atoms with Crippen LogP contribution in [-0.2, 0) is 14.3 Å². The monoisotopic (exact) mass is 281 g/mol. The molecule has 0 radical (unpaired) electrons. The predicted molar refractivity (Wildman–Crippen MR) is 71.7 cm³/mol. The summed E-state index contributed by atoms with van der Waals surface area (Å²) in [5, 5.41) is 0.639. The number of hydrogen-bond donors (Lipinski definition) is 0. The van der Waals surface area contributed by atoms with Crippen LogP contribution in [0.5, 0.6) is 0 Å². The van der Waals surface area contributed by atoms with Crippen molar-refractivity contribution >= 4 is 23.5 Å². The quantitative estimate of drug-likeness (QED) is 0.800. The van der Waals surface area contributed by atoms with Crippen molar-refractivity contribution in [3.8, 4) is 0 Å². The summed E-state index contributed by atoms with van der Waals surface area (Å²) in [4.78, 5) is 25.2. The van der Waals surface area contributed by atoms with Crippen molar-refractivity contribution in [2.75, 3.05) is 13.7 Å². The lowest BCUT2D eigenvalue weighted by Gasteiger charge is -2.25. The minimum absolute atomic E-state index is 0.0251. The van der Waals surface area contributed by atoms with Crippen LogP contribution in [0.4, 0.5) is 0 Å². The van der Waals surface area contributed by atoms with E-state index in [1.807, 2.05) is 25.1 Å². The van der Waals surface area contributed by atoms with Crippen molar-refractivity contribution in [2.24, 2.45) is 5.92 Å². The summed E-state index contributed by atoms with van der Waals surface area (Å²) < 4.78 is 4.70. The molecule has 2 atom stereocenters.